The number of aryl methyl sites for hydroxylation is 1. The largest absolute Gasteiger partial charge is 0.356 e. The minimum atomic E-state index is 0.767. The Labute approximate surface area is 144 Å². The van der Waals surface area contributed by atoms with Crippen LogP contribution in [0.15, 0.2) is 11.2 Å². The van der Waals surface area contributed by atoms with Crippen molar-refractivity contribution in [2.24, 2.45) is 10.9 Å². The van der Waals surface area contributed by atoms with Gasteiger partial charge in [0.25, 0.3) is 0 Å². The molecular formula is C17H31N5S. The van der Waals surface area contributed by atoms with E-state index in [4.69, 9.17) is 0 Å². The van der Waals surface area contributed by atoms with Crippen molar-refractivity contribution >= 4 is 17.3 Å². The van der Waals surface area contributed by atoms with Crippen LogP contribution in [-0.4, -0.2) is 55.6 Å². The number of likely N-dealkylation sites (tertiary alicyclic amines) is 1. The van der Waals surface area contributed by atoms with Crippen LogP contribution < -0.4 is 10.6 Å². The normalized spacial score (nSPS) is 17.4. The third kappa shape index (κ3) is 6.47. The van der Waals surface area contributed by atoms with E-state index in [2.05, 4.69) is 39.4 Å². The lowest BCUT2D eigenvalue weighted by molar-refractivity contribution is 0.185. The minimum absolute atomic E-state index is 0.767. The molecule has 5 nitrogen and oxygen atoms in total. The molecule has 23 heavy (non-hydrogen) atoms. The van der Waals surface area contributed by atoms with Crippen LogP contribution in [0, 0.1) is 12.8 Å². The lowest BCUT2D eigenvalue weighted by Gasteiger charge is -2.32. The van der Waals surface area contributed by atoms with Gasteiger partial charge in [0.15, 0.2) is 5.96 Å². The van der Waals surface area contributed by atoms with Crippen molar-refractivity contribution in [1.82, 2.24) is 20.5 Å². The van der Waals surface area contributed by atoms with Crippen LogP contribution in [0.2, 0.25) is 0 Å². The van der Waals surface area contributed by atoms with E-state index in [9.17, 15) is 0 Å². The highest BCUT2D eigenvalue weighted by atomic mass is 32.1. The van der Waals surface area contributed by atoms with Gasteiger partial charge in [-0.1, -0.05) is 6.92 Å². The zero-order chi connectivity index (χ0) is 16.5. The van der Waals surface area contributed by atoms with Gasteiger partial charge in [0.2, 0.25) is 0 Å². The molecule has 1 aromatic heterocycles. The zero-order valence-corrected chi connectivity index (χ0v) is 15.6. The molecule has 1 aliphatic heterocycles. The van der Waals surface area contributed by atoms with Gasteiger partial charge in [-0.05, 0) is 51.7 Å². The van der Waals surface area contributed by atoms with E-state index in [1.807, 2.05) is 13.2 Å². The monoisotopic (exact) mass is 337 g/mol. The summed E-state index contributed by atoms with van der Waals surface area (Å²) in [6, 6.07) is 0. The first-order valence-corrected chi connectivity index (χ1v) is 9.61. The molecule has 1 fully saturated rings. The topological polar surface area (TPSA) is 52.5 Å². The second-order valence-electron chi connectivity index (χ2n) is 6.28. The highest BCUT2D eigenvalue weighted by molar-refractivity contribution is 7.11. The molecule has 1 saturated heterocycles. The Morgan fingerprint density at radius 1 is 1.39 bits per heavy atom. The van der Waals surface area contributed by atoms with Crippen LogP contribution in [-0.2, 0) is 6.42 Å². The van der Waals surface area contributed by atoms with Crippen LogP contribution in [0.25, 0.3) is 0 Å². The van der Waals surface area contributed by atoms with Crippen molar-refractivity contribution in [2.75, 3.05) is 39.8 Å². The Morgan fingerprint density at radius 3 is 2.78 bits per heavy atom. The molecule has 0 amide bonds. The predicted octanol–water partition coefficient (Wildman–Crippen LogP) is 2.28. The van der Waals surface area contributed by atoms with Crippen LogP contribution in [0.4, 0.5) is 0 Å². The molecule has 0 aliphatic carbocycles. The van der Waals surface area contributed by atoms with Crippen molar-refractivity contribution < 1.29 is 0 Å². The summed E-state index contributed by atoms with van der Waals surface area (Å²) in [4.78, 5) is 12.6. The fourth-order valence-corrected chi connectivity index (χ4v) is 3.78. The molecule has 0 unspecified atom stereocenters. The van der Waals surface area contributed by atoms with E-state index in [1.54, 1.807) is 11.3 Å². The number of hydrogen-bond acceptors (Lipinski definition) is 4. The number of rotatable bonds is 7. The standard InChI is InChI=1S/C17H31N5S/c1-4-9-22-10-6-15(7-11-22)13-21-17(18-3)19-8-5-16-20-12-14(2)23-16/h12,15H,4-11,13H2,1-3H3,(H2,18,19,21). The molecule has 0 atom stereocenters. The zero-order valence-electron chi connectivity index (χ0n) is 14.8. The van der Waals surface area contributed by atoms with E-state index in [1.165, 1.54) is 48.8 Å². The quantitative estimate of drug-likeness (QED) is 0.592. The molecule has 0 aromatic carbocycles. The van der Waals surface area contributed by atoms with Crippen molar-refractivity contribution in [3.63, 3.8) is 0 Å². The van der Waals surface area contributed by atoms with Gasteiger partial charge in [0, 0.05) is 37.6 Å². The Morgan fingerprint density at radius 2 is 2.17 bits per heavy atom. The highest BCUT2D eigenvalue weighted by Gasteiger charge is 2.18. The summed E-state index contributed by atoms with van der Waals surface area (Å²) in [5.41, 5.74) is 0. The first-order chi connectivity index (χ1) is 11.2. The van der Waals surface area contributed by atoms with Crippen LogP contribution >= 0.6 is 11.3 Å². The number of hydrogen-bond donors (Lipinski definition) is 2. The molecule has 1 aliphatic rings. The average molecular weight is 338 g/mol. The summed E-state index contributed by atoms with van der Waals surface area (Å²) in [5.74, 6) is 1.68. The summed E-state index contributed by atoms with van der Waals surface area (Å²) < 4.78 is 0. The number of thiazole rings is 1. The maximum atomic E-state index is 4.39. The fraction of sp³-hybridized carbons (Fsp3) is 0.765. The Bertz CT molecular complexity index is 477. The molecule has 2 heterocycles. The molecule has 0 spiro atoms. The Kier molecular flexibility index (Phi) is 7.82. The van der Waals surface area contributed by atoms with Crippen LogP contribution in [0.1, 0.15) is 36.1 Å². The van der Waals surface area contributed by atoms with Gasteiger partial charge >= 0.3 is 0 Å². The smallest absolute Gasteiger partial charge is 0.190 e. The van der Waals surface area contributed by atoms with E-state index < -0.39 is 0 Å². The second-order valence-corrected chi connectivity index (χ2v) is 7.60. The number of aliphatic imine (C=N–C) groups is 1. The van der Waals surface area contributed by atoms with Gasteiger partial charge in [0.1, 0.15) is 0 Å². The summed E-state index contributed by atoms with van der Waals surface area (Å²) in [6.07, 6.45) is 6.75. The second kappa shape index (κ2) is 9.88. The number of piperidine rings is 1. The van der Waals surface area contributed by atoms with Gasteiger partial charge in [-0.25, -0.2) is 4.98 Å². The van der Waals surface area contributed by atoms with Crippen molar-refractivity contribution in [1.29, 1.82) is 0 Å². The first kappa shape index (κ1) is 18.2. The fourth-order valence-electron chi connectivity index (χ4n) is 3.00. The Hall–Kier alpha value is -1.14. The van der Waals surface area contributed by atoms with Gasteiger partial charge < -0.3 is 15.5 Å². The molecule has 0 bridgehead atoms. The van der Waals surface area contributed by atoms with Crippen molar-refractivity contribution in [3.05, 3.63) is 16.1 Å². The van der Waals surface area contributed by atoms with Crippen molar-refractivity contribution in [2.45, 2.75) is 39.5 Å². The summed E-state index contributed by atoms with van der Waals surface area (Å²) in [7, 11) is 1.84. The molecule has 0 saturated carbocycles. The number of guanidine groups is 1. The van der Waals surface area contributed by atoms with Crippen molar-refractivity contribution in [3.8, 4) is 0 Å². The lowest BCUT2D eigenvalue weighted by Crippen LogP contribution is -2.43. The third-order valence-corrected chi connectivity index (χ3v) is 5.30. The predicted molar refractivity (Wildman–Crippen MR) is 99.4 cm³/mol. The molecule has 130 valence electrons. The molecular weight excluding hydrogens is 306 g/mol. The minimum Gasteiger partial charge on any atom is -0.356 e. The molecule has 1 aromatic rings. The van der Waals surface area contributed by atoms with Gasteiger partial charge in [-0.3, -0.25) is 4.99 Å². The van der Waals surface area contributed by atoms with E-state index in [0.29, 0.717) is 0 Å². The number of nitrogens with one attached hydrogen (secondary N) is 2. The van der Waals surface area contributed by atoms with Crippen LogP contribution in [0.3, 0.4) is 0 Å². The van der Waals surface area contributed by atoms with Gasteiger partial charge in [0.05, 0.1) is 5.01 Å². The molecule has 0 radical (unpaired) electrons. The first-order valence-electron chi connectivity index (χ1n) is 8.79. The summed E-state index contributed by atoms with van der Waals surface area (Å²) in [5, 5.41) is 8.06. The molecule has 6 heteroatoms. The molecule has 2 N–H and O–H groups in total. The molecule has 2 rings (SSSR count). The SMILES string of the molecule is CCCN1CCC(CNC(=NC)NCCc2ncc(C)s2)CC1. The lowest BCUT2D eigenvalue weighted by atomic mass is 9.97. The number of nitrogens with zero attached hydrogens (tertiary/aromatic N) is 3. The number of aromatic nitrogens is 1. The maximum Gasteiger partial charge on any atom is 0.190 e. The summed E-state index contributed by atoms with van der Waals surface area (Å²) in [6.45, 7) is 10.00. The average Bonchev–Trinajstić information content (AvgIpc) is 2.98. The van der Waals surface area contributed by atoms with Gasteiger partial charge in [-0.15, -0.1) is 11.3 Å². The van der Waals surface area contributed by atoms with E-state index >= 15 is 0 Å². The highest BCUT2D eigenvalue weighted by Crippen LogP contribution is 2.16. The third-order valence-electron chi connectivity index (χ3n) is 4.33. The van der Waals surface area contributed by atoms with Crippen LogP contribution in [0.5, 0.6) is 0 Å². The van der Waals surface area contributed by atoms with E-state index in [-0.39, 0.29) is 0 Å². The van der Waals surface area contributed by atoms with E-state index in [0.717, 1.165) is 31.4 Å². The summed E-state index contributed by atoms with van der Waals surface area (Å²) >= 11 is 1.77. The maximum absolute atomic E-state index is 4.39. The van der Waals surface area contributed by atoms with Gasteiger partial charge in [-0.2, -0.15) is 0 Å². The Balaban J connectivity index is 1.61.